The summed E-state index contributed by atoms with van der Waals surface area (Å²) >= 11 is 0. The van der Waals surface area contributed by atoms with Crippen LogP contribution in [-0.2, 0) is 101 Å². The van der Waals surface area contributed by atoms with E-state index in [2.05, 4.69) is 243 Å². The molecule has 36 heteroatoms. The number of ether oxygens (including phenoxy) is 5. The van der Waals surface area contributed by atoms with Crippen LogP contribution in [0.4, 0.5) is 0 Å². The van der Waals surface area contributed by atoms with Crippen molar-refractivity contribution in [3.8, 4) is 85.0 Å². The summed E-state index contributed by atoms with van der Waals surface area (Å²) in [6.45, 7) is 8.56. The van der Waals surface area contributed by atoms with Crippen molar-refractivity contribution >= 4 is 50.4 Å². The van der Waals surface area contributed by atoms with Crippen LogP contribution in [0.1, 0.15) is 44.5 Å². The minimum absolute atomic E-state index is 0.250. The van der Waals surface area contributed by atoms with Gasteiger partial charge < -0.3 is 23.7 Å². The van der Waals surface area contributed by atoms with Gasteiger partial charge in [0.15, 0.2) is 19.7 Å². The summed E-state index contributed by atoms with van der Waals surface area (Å²) in [7, 11) is -6.33. The van der Waals surface area contributed by atoms with Gasteiger partial charge in [0.05, 0.1) is 9.79 Å². The predicted molar refractivity (Wildman–Crippen MR) is 428 cm³/mol. The van der Waals surface area contributed by atoms with Gasteiger partial charge in [0.1, 0.15) is 64.0 Å². The van der Waals surface area contributed by atoms with E-state index >= 15 is 0 Å². The highest BCUT2D eigenvalue weighted by Crippen LogP contribution is 2.28. The zero-order valence-electron chi connectivity index (χ0n) is 65.1. The first kappa shape index (κ1) is 93.6. The quantitative estimate of drug-likeness (QED) is 0.0421. The number of rotatable bonds is 22. The zero-order chi connectivity index (χ0) is 87.5. The number of nitrogens with zero attached hydrogens (tertiary/aromatic N) is 10. The molecule has 0 aliphatic heterocycles. The van der Waals surface area contributed by atoms with Crippen molar-refractivity contribution in [1.82, 2.24) is 77.1 Å². The maximum Gasteiger partial charge on any atom is 0.373 e. The van der Waals surface area contributed by atoms with Crippen LogP contribution in [0.15, 0.2) is 283 Å². The summed E-state index contributed by atoms with van der Waals surface area (Å²) in [4.78, 5) is 81.9. The molecule has 0 spiro atoms. The SMILES string of the molecule is CS(=O)(=O)c1ccc(-c2ccc(COc3cn[nH]n3)cc2)cc1.CS(=O)(=O)c1ccc(-c2ccc(COc3cn[nH]n3)cc2)cc1.Cc1ccc(-c2ccc(COc3cn[nH]n3)cc2)cc1.Cc1cccc(-c2ccc(COc3cn[nH]n3)cc2)c1.Cc1cccc(-c2ccc(COc3cn[nH]n3)cc2)c1.O=C=O.O=C=O.O=C=O.O=C=O.O=C=O. The number of benzene rings is 10. The van der Waals surface area contributed by atoms with Gasteiger partial charge in [-0.1, -0.05) is 235 Å². The lowest BCUT2D eigenvalue weighted by Crippen LogP contribution is -1.96. The summed E-state index contributed by atoms with van der Waals surface area (Å²) in [5.41, 5.74) is 20.4. The first-order valence-corrected chi connectivity index (χ1v) is 39.0. The van der Waals surface area contributed by atoms with Gasteiger partial charge in [0.25, 0.3) is 29.4 Å². The molecule has 15 aromatic rings. The molecule has 5 aromatic heterocycles. The van der Waals surface area contributed by atoms with Gasteiger partial charge in [0, 0.05) is 12.5 Å². The summed E-state index contributed by atoms with van der Waals surface area (Å²) < 4.78 is 73.3. The average molecular weight is 1670 g/mol. The molecule has 5 N–H and O–H groups in total. The molecule has 121 heavy (non-hydrogen) atoms. The van der Waals surface area contributed by atoms with Crippen LogP contribution in [0.2, 0.25) is 0 Å². The largest absolute Gasteiger partial charge is 0.471 e. The van der Waals surface area contributed by atoms with Gasteiger partial charge in [-0.25, -0.2) is 16.8 Å². The highest BCUT2D eigenvalue weighted by molar-refractivity contribution is 7.91. The van der Waals surface area contributed by atoms with Crippen LogP contribution < -0.4 is 23.7 Å². The second kappa shape index (κ2) is 51.5. The van der Waals surface area contributed by atoms with Gasteiger partial charge in [-0.2, -0.15) is 99.5 Å². The fraction of sp³-hybridized carbons (Fsp3) is 0.118. The molecule has 0 bridgehead atoms. The number of carbonyl (C=O) groups excluding carboxylic acids is 10. The molecule has 616 valence electrons. The van der Waals surface area contributed by atoms with Crippen LogP contribution in [0.5, 0.6) is 29.4 Å². The molecular weight excluding hydrogens is 1600 g/mol. The molecule has 0 aliphatic rings. The normalized spacial score (nSPS) is 9.83. The Morgan fingerprint density at radius 3 is 0.603 bits per heavy atom. The molecule has 34 nitrogen and oxygen atoms in total. The van der Waals surface area contributed by atoms with E-state index in [9.17, 15) is 16.8 Å². The summed E-state index contributed by atoms with van der Waals surface area (Å²) in [6.07, 6.45) is 11.3. The fourth-order valence-electron chi connectivity index (χ4n) is 10.2. The monoisotopic (exact) mass is 1670 g/mol. The topological polar surface area (TPSA) is 493 Å². The van der Waals surface area contributed by atoms with Crippen molar-refractivity contribution in [3.63, 3.8) is 0 Å². The van der Waals surface area contributed by atoms with E-state index < -0.39 is 19.7 Å². The smallest absolute Gasteiger partial charge is 0.373 e. The van der Waals surface area contributed by atoms with Crippen LogP contribution in [0.3, 0.4) is 0 Å². The van der Waals surface area contributed by atoms with Gasteiger partial charge in [-0.15, -0.1) is 25.5 Å². The van der Waals surface area contributed by atoms with Gasteiger partial charge in [-0.3, -0.25) is 0 Å². The summed E-state index contributed by atoms with van der Waals surface area (Å²) in [5.74, 6) is 2.42. The minimum atomic E-state index is -3.17. The molecule has 0 saturated carbocycles. The van der Waals surface area contributed by atoms with E-state index in [0.29, 0.717) is 72.2 Å². The number of aromatic nitrogens is 15. The summed E-state index contributed by atoms with van der Waals surface area (Å²) in [5, 5.41) is 50.1. The number of hydrogen-bond donors (Lipinski definition) is 5. The van der Waals surface area contributed by atoms with E-state index in [4.69, 9.17) is 71.6 Å². The molecule has 0 aliphatic carbocycles. The molecule has 0 radical (unpaired) electrons. The van der Waals surface area contributed by atoms with Crippen LogP contribution in [0.25, 0.3) is 55.6 Å². The third-order valence-corrected chi connectivity index (χ3v) is 18.2. The van der Waals surface area contributed by atoms with Crippen molar-refractivity contribution < 1.29 is 88.5 Å². The predicted octanol–water partition coefficient (Wildman–Crippen LogP) is 12.1. The molecular formula is C85H75N15O19S2. The Morgan fingerprint density at radius 1 is 0.248 bits per heavy atom. The fourth-order valence-corrected chi connectivity index (χ4v) is 11.5. The second-order valence-corrected chi connectivity index (χ2v) is 28.6. The Hall–Kier alpha value is -16.3. The lowest BCUT2D eigenvalue weighted by atomic mass is 10.0. The first-order chi connectivity index (χ1) is 58.5. The summed E-state index contributed by atoms with van der Waals surface area (Å²) in [6, 6.07) is 79.9. The van der Waals surface area contributed by atoms with Crippen LogP contribution in [-0.4, -0.2) is 137 Å². The van der Waals surface area contributed by atoms with Crippen molar-refractivity contribution in [2.45, 2.75) is 63.6 Å². The standard InChI is InChI=1S/2C16H15N3O3S.3C16H15N3O.5CO2/c2*1-23(20,21)15-8-6-14(7-9-15)13-4-2-12(3-5-13)11-22-16-10-17-19-18-16;1-12-2-6-14(7-3-12)15-8-4-13(5-9-15)11-20-16-10-17-19-18-16;2*1-12-3-2-4-15(9-12)14-7-5-13(6-8-14)11-20-16-10-17-19-18-16;5*2-1-3/h2*2-10H,11H2,1H3,(H,17,18,19);3*2-10H,11H2,1H3,(H,17,18,19);;;;;. The maximum atomic E-state index is 11.5. The Morgan fingerprint density at radius 2 is 0.430 bits per heavy atom. The number of H-pyrrole nitrogens is 5. The van der Waals surface area contributed by atoms with E-state index in [0.717, 1.165) is 50.1 Å². The van der Waals surface area contributed by atoms with Crippen molar-refractivity contribution in [2.24, 2.45) is 0 Å². The number of aryl methyl sites for hydroxylation is 3. The molecule has 0 atom stereocenters. The Labute approximate surface area is 691 Å². The van der Waals surface area contributed by atoms with E-state index in [-0.39, 0.29) is 30.8 Å². The Bertz CT molecular complexity index is 5550. The first-order valence-electron chi connectivity index (χ1n) is 35.2. The second-order valence-electron chi connectivity index (χ2n) is 24.6. The molecule has 5 heterocycles. The molecule has 10 aromatic carbocycles. The van der Waals surface area contributed by atoms with Crippen molar-refractivity contribution in [1.29, 1.82) is 0 Å². The third kappa shape index (κ3) is 34.7. The molecule has 15 rings (SSSR count). The van der Waals surface area contributed by atoms with Crippen molar-refractivity contribution in [2.75, 3.05) is 12.5 Å². The Kier molecular flexibility index (Phi) is 39.8. The van der Waals surface area contributed by atoms with Gasteiger partial charge in [-0.05, 0) is 128 Å². The van der Waals surface area contributed by atoms with Crippen LogP contribution >= 0.6 is 0 Å². The van der Waals surface area contributed by atoms with E-state index in [1.807, 2.05) is 48.5 Å². The van der Waals surface area contributed by atoms with Crippen LogP contribution in [0, 0.1) is 20.8 Å². The maximum absolute atomic E-state index is 11.5. The molecule has 0 saturated heterocycles. The zero-order valence-corrected chi connectivity index (χ0v) is 66.7. The van der Waals surface area contributed by atoms with E-state index in [1.54, 1.807) is 67.1 Å². The number of nitrogens with one attached hydrogen (secondary N) is 5. The molecule has 0 amide bonds. The molecule has 0 fully saturated rings. The lowest BCUT2D eigenvalue weighted by Gasteiger charge is -2.06. The highest BCUT2D eigenvalue weighted by Gasteiger charge is 2.11. The van der Waals surface area contributed by atoms with Gasteiger partial charge >= 0.3 is 30.8 Å². The van der Waals surface area contributed by atoms with E-state index in [1.165, 1.54) is 75.0 Å². The lowest BCUT2D eigenvalue weighted by molar-refractivity contribution is -0.193. The number of aromatic amines is 5. The van der Waals surface area contributed by atoms with Gasteiger partial charge in [0.2, 0.25) is 0 Å². The number of hydrogen-bond acceptors (Lipinski definition) is 29. The van der Waals surface area contributed by atoms with Crippen molar-refractivity contribution in [3.05, 3.63) is 318 Å². The minimum Gasteiger partial charge on any atom is -0.471 e. The highest BCUT2D eigenvalue weighted by atomic mass is 32.2. The molecule has 0 unspecified atom stereocenters. The number of sulfone groups is 2. The average Bonchev–Trinajstić information content (AvgIpc) is 1.84. The third-order valence-electron chi connectivity index (χ3n) is 16.0. The Balaban J connectivity index is 0.000000225.